The van der Waals surface area contributed by atoms with E-state index in [0.717, 1.165) is 73.0 Å². The van der Waals surface area contributed by atoms with Gasteiger partial charge in [-0.05, 0) is 149 Å². The van der Waals surface area contributed by atoms with E-state index in [0.29, 0.717) is 10.8 Å². The molecular formula is C32H56O2. The van der Waals surface area contributed by atoms with Gasteiger partial charge in [-0.1, -0.05) is 40.5 Å². The first kappa shape index (κ1) is 25.6. The normalized spacial score (nSPS) is 49.8. The van der Waals surface area contributed by atoms with Crippen molar-refractivity contribution >= 4 is 0 Å². The number of hydrogen-bond donors (Lipinski definition) is 2. The molecule has 2 N–H and O–H groups in total. The summed E-state index contributed by atoms with van der Waals surface area (Å²) >= 11 is 0. The fraction of sp³-hybridized carbons (Fsp3) is 1.00. The van der Waals surface area contributed by atoms with Crippen LogP contribution in [0.4, 0.5) is 0 Å². The molecule has 5 aliphatic carbocycles. The first-order valence-electron chi connectivity index (χ1n) is 15.3. The SMILES string of the molecule is CC[C@]1(O)CC[C@@]2(C)[C@@H](CCC3[C@@H]4[C@H](C5CC5)C[C@H]([C@H](C)CCCC(C)(C)O)[C@@]4(C)CC[C@@H]32)C1. The van der Waals surface area contributed by atoms with Crippen LogP contribution in [0.1, 0.15) is 131 Å². The van der Waals surface area contributed by atoms with Crippen molar-refractivity contribution in [2.24, 2.45) is 58.2 Å². The molecule has 5 saturated carbocycles. The summed E-state index contributed by atoms with van der Waals surface area (Å²) in [6.45, 7) is 14.1. The first-order valence-corrected chi connectivity index (χ1v) is 15.3. The summed E-state index contributed by atoms with van der Waals surface area (Å²) in [5, 5.41) is 21.4. The van der Waals surface area contributed by atoms with Gasteiger partial charge in [-0.15, -0.1) is 0 Å². The molecule has 5 fully saturated rings. The van der Waals surface area contributed by atoms with Crippen LogP contribution in [0.2, 0.25) is 0 Å². The van der Waals surface area contributed by atoms with Crippen LogP contribution >= 0.6 is 0 Å². The Hall–Kier alpha value is -0.0800. The zero-order valence-electron chi connectivity index (χ0n) is 23.4. The van der Waals surface area contributed by atoms with Crippen molar-refractivity contribution in [1.82, 2.24) is 0 Å². The Bertz CT molecular complexity index is 736. The van der Waals surface area contributed by atoms with Gasteiger partial charge in [-0.2, -0.15) is 0 Å². The lowest BCUT2D eigenvalue weighted by atomic mass is 9.43. The Balaban J connectivity index is 1.36. The third kappa shape index (κ3) is 4.33. The molecule has 0 aromatic heterocycles. The minimum atomic E-state index is -0.519. The van der Waals surface area contributed by atoms with Crippen molar-refractivity contribution in [2.45, 2.75) is 143 Å². The van der Waals surface area contributed by atoms with Gasteiger partial charge in [0, 0.05) is 0 Å². The van der Waals surface area contributed by atoms with E-state index in [4.69, 9.17) is 0 Å². The van der Waals surface area contributed by atoms with Crippen LogP contribution in [0, 0.1) is 58.2 Å². The maximum absolute atomic E-state index is 11.1. The third-order valence-electron chi connectivity index (χ3n) is 13.0. The van der Waals surface area contributed by atoms with E-state index in [1.165, 1.54) is 64.2 Å². The van der Waals surface area contributed by atoms with Crippen LogP contribution in [0.25, 0.3) is 0 Å². The Labute approximate surface area is 211 Å². The fourth-order valence-corrected chi connectivity index (χ4v) is 10.8. The molecule has 0 heterocycles. The van der Waals surface area contributed by atoms with Crippen LogP contribution in [-0.4, -0.2) is 21.4 Å². The standard InChI is InChI=1S/C32H56O2/c1-7-32(34)18-17-30(5)23(20-32)12-13-24-26(30)14-16-31(6)27(19-25(28(24)31)22-10-11-22)21(2)9-8-15-29(3,4)33/h21-28,33-34H,7-20H2,1-6H3/t21-,23+,24?,25+,26+,27-,28-,30+,31-,32+/m1/s1. The minimum Gasteiger partial charge on any atom is -0.390 e. The van der Waals surface area contributed by atoms with Crippen molar-refractivity contribution in [3.05, 3.63) is 0 Å². The van der Waals surface area contributed by atoms with Crippen LogP contribution in [-0.2, 0) is 0 Å². The summed E-state index contributed by atoms with van der Waals surface area (Å²) in [4.78, 5) is 0. The average molecular weight is 473 g/mol. The monoisotopic (exact) mass is 472 g/mol. The Morgan fingerprint density at radius 3 is 2.32 bits per heavy atom. The number of fused-ring (bicyclic) bond motifs is 5. The molecule has 2 nitrogen and oxygen atoms in total. The Morgan fingerprint density at radius 2 is 1.68 bits per heavy atom. The predicted molar refractivity (Wildman–Crippen MR) is 141 cm³/mol. The second-order valence-corrected chi connectivity index (χ2v) is 15.4. The lowest BCUT2D eigenvalue weighted by Gasteiger charge is -2.63. The van der Waals surface area contributed by atoms with Gasteiger partial charge >= 0.3 is 0 Å². The third-order valence-corrected chi connectivity index (χ3v) is 13.0. The summed E-state index contributed by atoms with van der Waals surface area (Å²) in [6.07, 6.45) is 17.9. The summed E-state index contributed by atoms with van der Waals surface area (Å²) in [6, 6.07) is 0. The maximum Gasteiger partial charge on any atom is 0.0648 e. The van der Waals surface area contributed by atoms with Gasteiger partial charge < -0.3 is 10.2 Å². The van der Waals surface area contributed by atoms with Crippen LogP contribution in [0.5, 0.6) is 0 Å². The number of aliphatic hydroxyl groups is 2. The highest BCUT2D eigenvalue weighted by molar-refractivity contribution is 5.14. The van der Waals surface area contributed by atoms with Gasteiger partial charge in [0.1, 0.15) is 0 Å². The van der Waals surface area contributed by atoms with Gasteiger partial charge in [-0.25, -0.2) is 0 Å². The number of rotatable bonds is 7. The molecule has 0 aromatic carbocycles. The van der Waals surface area contributed by atoms with Crippen molar-refractivity contribution in [2.75, 3.05) is 0 Å². The molecule has 2 heteroatoms. The highest BCUT2D eigenvalue weighted by atomic mass is 16.3. The van der Waals surface area contributed by atoms with Gasteiger partial charge in [0.15, 0.2) is 0 Å². The van der Waals surface area contributed by atoms with Crippen molar-refractivity contribution in [3.8, 4) is 0 Å². The van der Waals surface area contributed by atoms with E-state index in [1.54, 1.807) is 0 Å². The largest absolute Gasteiger partial charge is 0.390 e. The molecule has 0 aliphatic heterocycles. The molecule has 5 rings (SSSR count). The second kappa shape index (κ2) is 8.75. The Kier molecular flexibility index (Phi) is 6.58. The summed E-state index contributed by atoms with van der Waals surface area (Å²) < 4.78 is 0. The van der Waals surface area contributed by atoms with E-state index < -0.39 is 5.60 Å². The molecular weight excluding hydrogens is 416 g/mol. The zero-order valence-corrected chi connectivity index (χ0v) is 23.4. The highest BCUT2D eigenvalue weighted by Crippen LogP contribution is 2.72. The lowest BCUT2D eigenvalue weighted by Crippen LogP contribution is -2.56. The van der Waals surface area contributed by atoms with Crippen LogP contribution in [0.15, 0.2) is 0 Å². The van der Waals surface area contributed by atoms with Gasteiger partial charge in [0.05, 0.1) is 11.2 Å². The van der Waals surface area contributed by atoms with E-state index in [-0.39, 0.29) is 5.60 Å². The van der Waals surface area contributed by atoms with E-state index in [1.807, 2.05) is 13.8 Å². The molecule has 0 saturated heterocycles. The molecule has 0 amide bonds. The molecule has 0 aromatic rings. The quantitative estimate of drug-likeness (QED) is 0.394. The first-order chi connectivity index (χ1) is 15.9. The smallest absolute Gasteiger partial charge is 0.0648 e. The van der Waals surface area contributed by atoms with Crippen LogP contribution in [0.3, 0.4) is 0 Å². The molecule has 34 heavy (non-hydrogen) atoms. The topological polar surface area (TPSA) is 40.5 Å². The predicted octanol–water partition coefficient (Wildman–Crippen LogP) is 8.00. The summed E-state index contributed by atoms with van der Waals surface area (Å²) in [5.41, 5.74) is 0.100. The van der Waals surface area contributed by atoms with Gasteiger partial charge in [0.2, 0.25) is 0 Å². The second-order valence-electron chi connectivity index (χ2n) is 15.4. The van der Waals surface area contributed by atoms with Crippen molar-refractivity contribution in [3.63, 3.8) is 0 Å². The molecule has 5 aliphatic rings. The minimum absolute atomic E-state index is 0.381. The van der Waals surface area contributed by atoms with Gasteiger partial charge in [-0.3, -0.25) is 0 Å². The molecule has 1 unspecified atom stereocenters. The summed E-state index contributed by atoms with van der Waals surface area (Å²) in [7, 11) is 0. The van der Waals surface area contributed by atoms with E-state index >= 15 is 0 Å². The number of hydrogen-bond acceptors (Lipinski definition) is 2. The van der Waals surface area contributed by atoms with Crippen molar-refractivity contribution in [1.29, 1.82) is 0 Å². The van der Waals surface area contributed by atoms with E-state index in [9.17, 15) is 10.2 Å². The molecule has 0 bridgehead atoms. The zero-order chi connectivity index (χ0) is 24.5. The van der Waals surface area contributed by atoms with E-state index in [2.05, 4.69) is 27.7 Å². The van der Waals surface area contributed by atoms with Crippen molar-refractivity contribution < 1.29 is 10.2 Å². The average Bonchev–Trinajstić information content (AvgIpc) is 3.55. The highest BCUT2D eigenvalue weighted by Gasteiger charge is 2.65. The molecule has 0 spiro atoms. The molecule has 0 radical (unpaired) electrons. The Morgan fingerprint density at radius 1 is 0.941 bits per heavy atom. The molecule has 196 valence electrons. The maximum atomic E-state index is 11.1. The molecule has 10 atom stereocenters. The lowest BCUT2D eigenvalue weighted by molar-refractivity contribution is -0.158. The van der Waals surface area contributed by atoms with Crippen LogP contribution < -0.4 is 0 Å². The van der Waals surface area contributed by atoms with Gasteiger partial charge in [0.25, 0.3) is 0 Å². The summed E-state index contributed by atoms with van der Waals surface area (Å²) in [5.74, 6) is 7.21. The fourth-order valence-electron chi connectivity index (χ4n) is 10.8.